The number of carbonyl (C=O) groups is 1. The summed E-state index contributed by atoms with van der Waals surface area (Å²) < 4.78 is 6.17. The molecule has 2 aromatic carbocycles. The van der Waals surface area contributed by atoms with Crippen molar-refractivity contribution in [3.05, 3.63) is 89.2 Å². The molecule has 0 saturated carbocycles. The zero-order valence-electron chi connectivity index (χ0n) is 19.3. The van der Waals surface area contributed by atoms with E-state index in [-0.39, 0.29) is 5.97 Å². The molecular weight excluding hydrogens is 398 g/mol. The molecule has 1 aliphatic rings. The molecule has 166 valence electrons. The Hall–Kier alpha value is -3.34. The number of carbonyl (C=O) groups excluding carboxylic acids is 1. The number of nitrogens with zero attached hydrogens (tertiary/aromatic N) is 3. The summed E-state index contributed by atoms with van der Waals surface area (Å²) >= 11 is 0. The molecule has 0 aliphatic carbocycles. The van der Waals surface area contributed by atoms with Crippen molar-refractivity contribution < 1.29 is 9.53 Å². The summed E-state index contributed by atoms with van der Waals surface area (Å²) in [5.74, 6) is -0.388. The van der Waals surface area contributed by atoms with Crippen molar-refractivity contribution in [3.8, 4) is 0 Å². The minimum atomic E-state index is -1.01. The number of rotatable bonds is 8. The second-order valence-electron chi connectivity index (χ2n) is 7.91. The zero-order valence-corrected chi connectivity index (χ0v) is 19.3. The zero-order chi connectivity index (χ0) is 22.7. The van der Waals surface area contributed by atoms with E-state index < -0.39 is 5.60 Å². The molecule has 5 heteroatoms. The fourth-order valence-electron chi connectivity index (χ4n) is 4.68. The fraction of sp³-hybridized carbons (Fsp3) is 0.333. The van der Waals surface area contributed by atoms with Crippen LogP contribution in [0.4, 0.5) is 11.4 Å². The Kier molecular flexibility index (Phi) is 6.17. The molecule has 32 heavy (non-hydrogen) atoms. The van der Waals surface area contributed by atoms with E-state index in [9.17, 15) is 4.79 Å². The van der Waals surface area contributed by atoms with Gasteiger partial charge in [0.1, 0.15) is 0 Å². The molecule has 3 aromatic rings. The molecular formula is C27H31N3O2. The SMILES string of the molecule is CCN(CC)c1ccc(C2(c3ccc(N(CC)CC)cc3)OC(=O)c3ncccc32)cc1. The summed E-state index contributed by atoms with van der Waals surface area (Å²) in [6.07, 6.45) is 1.64. The number of pyridine rings is 1. The van der Waals surface area contributed by atoms with Gasteiger partial charge in [0.2, 0.25) is 0 Å². The van der Waals surface area contributed by atoms with E-state index in [1.165, 1.54) is 0 Å². The molecule has 0 bridgehead atoms. The maximum atomic E-state index is 12.9. The van der Waals surface area contributed by atoms with Crippen LogP contribution in [0.1, 0.15) is 54.9 Å². The molecule has 1 aromatic heterocycles. The first-order valence-electron chi connectivity index (χ1n) is 11.5. The first-order chi connectivity index (χ1) is 15.6. The van der Waals surface area contributed by atoms with Crippen LogP contribution < -0.4 is 9.80 Å². The second kappa shape index (κ2) is 9.03. The smallest absolute Gasteiger partial charge is 0.358 e. The maximum Gasteiger partial charge on any atom is 0.358 e. The van der Waals surface area contributed by atoms with Crippen molar-refractivity contribution in [2.45, 2.75) is 33.3 Å². The average molecular weight is 430 g/mol. The number of fused-ring (bicyclic) bond motifs is 1. The highest BCUT2D eigenvalue weighted by Gasteiger charge is 2.49. The highest BCUT2D eigenvalue weighted by Crippen LogP contribution is 2.46. The summed E-state index contributed by atoms with van der Waals surface area (Å²) in [6, 6.07) is 20.5. The monoisotopic (exact) mass is 429 g/mol. The van der Waals surface area contributed by atoms with Crippen LogP contribution in [-0.2, 0) is 10.3 Å². The largest absolute Gasteiger partial charge is 0.439 e. The first-order valence-corrected chi connectivity index (χ1v) is 11.5. The highest BCUT2D eigenvalue weighted by molar-refractivity contribution is 5.94. The van der Waals surface area contributed by atoms with Crippen molar-refractivity contribution in [1.82, 2.24) is 4.98 Å². The van der Waals surface area contributed by atoms with Gasteiger partial charge in [-0.25, -0.2) is 9.78 Å². The van der Waals surface area contributed by atoms with Gasteiger partial charge in [0.05, 0.1) is 0 Å². The van der Waals surface area contributed by atoms with Crippen molar-refractivity contribution >= 4 is 17.3 Å². The van der Waals surface area contributed by atoms with E-state index in [1.54, 1.807) is 6.20 Å². The lowest BCUT2D eigenvalue weighted by Crippen LogP contribution is -2.30. The number of ether oxygens (including phenoxy) is 1. The summed E-state index contributed by atoms with van der Waals surface area (Å²) in [5.41, 5.74) is 4.31. The molecule has 4 rings (SSSR count). The van der Waals surface area contributed by atoms with Crippen LogP contribution in [0.25, 0.3) is 0 Å². The number of esters is 1. The Morgan fingerprint density at radius 1 is 0.750 bits per heavy atom. The summed E-state index contributed by atoms with van der Waals surface area (Å²) in [7, 11) is 0. The van der Waals surface area contributed by atoms with Crippen LogP contribution in [0.3, 0.4) is 0 Å². The normalized spacial score (nSPS) is 14.1. The third-order valence-corrected chi connectivity index (χ3v) is 6.43. The van der Waals surface area contributed by atoms with Crippen LogP contribution in [0.2, 0.25) is 0 Å². The van der Waals surface area contributed by atoms with Crippen molar-refractivity contribution in [2.24, 2.45) is 0 Å². The number of hydrogen-bond donors (Lipinski definition) is 0. The maximum absolute atomic E-state index is 12.9. The summed E-state index contributed by atoms with van der Waals surface area (Å²) in [6.45, 7) is 12.4. The van der Waals surface area contributed by atoms with Gasteiger partial charge in [0.25, 0.3) is 0 Å². The van der Waals surface area contributed by atoms with Gasteiger partial charge < -0.3 is 14.5 Å². The third-order valence-electron chi connectivity index (χ3n) is 6.43. The fourth-order valence-corrected chi connectivity index (χ4v) is 4.68. The number of anilines is 2. The Bertz CT molecular complexity index is 1010. The molecule has 1 aliphatic heterocycles. The van der Waals surface area contributed by atoms with E-state index in [0.29, 0.717) is 5.69 Å². The first kappa shape index (κ1) is 21.9. The molecule has 0 spiro atoms. The van der Waals surface area contributed by atoms with Gasteiger partial charge in [0.15, 0.2) is 11.3 Å². The predicted molar refractivity (Wildman–Crippen MR) is 130 cm³/mol. The van der Waals surface area contributed by atoms with E-state index in [2.05, 4.69) is 91.0 Å². The standard InChI is InChI=1S/C27H31N3O2/c1-5-29(6-2)22-15-11-20(12-16-22)27(24-10-9-19-28-25(24)26(31)32-27)21-13-17-23(18-14-21)30(7-3)8-4/h9-19H,5-8H2,1-4H3. The van der Waals surface area contributed by atoms with Gasteiger partial charge in [-0.1, -0.05) is 30.3 Å². The highest BCUT2D eigenvalue weighted by atomic mass is 16.6. The summed E-state index contributed by atoms with van der Waals surface area (Å²) in [5, 5.41) is 0. The number of cyclic esters (lactones) is 1. The Morgan fingerprint density at radius 3 is 1.66 bits per heavy atom. The predicted octanol–water partition coefficient (Wildman–Crippen LogP) is 5.24. The number of benzene rings is 2. The van der Waals surface area contributed by atoms with Crippen molar-refractivity contribution in [2.75, 3.05) is 36.0 Å². The van der Waals surface area contributed by atoms with E-state index in [0.717, 1.165) is 54.2 Å². The number of hydrogen-bond acceptors (Lipinski definition) is 5. The second-order valence-corrected chi connectivity index (χ2v) is 7.91. The van der Waals surface area contributed by atoms with Crippen molar-refractivity contribution in [1.29, 1.82) is 0 Å². The lowest BCUT2D eigenvalue weighted by molar-refractivity contribution is 0.0249. The molecule has 0 fully saturated rings. The van der Waals surface area contributed by atoms with Gasteiger partial charge in [-0.15, -0.1) is 0 Å². The van der Waals surface area contributed by atoms with Crippen LogP contribution in [-0.4, -0.2) is 37.1 Å². The lowest BCUT2D eigenvalue weighted by atomic mass is 9.80. The van der Waals surface area contributed by atoms with Gasteiger partial charge in [0, 0.05) is 60.4 Å². The van der Waals surface area contributed by atoms with Crippen molar-refractivity contribution in [3.63, 3.8) is 0 Å². The Morgan fingerprint density at radius 2 is 1.22 bits per heavy atom. The molecule has 2 heterocycles. The quantitative estimate of drug-likeness (QED) is 0.459. The van der Waals surface area contributed by atoms with E-state index >= 15 is 0 Å². The summed E-state index contributed by atoms with van der Waals surface area (Å²) in [4.78, 5) is 21.8. The van der Waals surface area contributed by atoms with E-state index in [4.69, 9.17) is 4.74 Å². The Balaban J connectivity index is 1.86. The van der Waals surface area contributed by atoms with E-state index in [1.807, 2.05) is 12.1 Å². The molecule has 0 unspecified atom stereocenters. The van der Waals surface area contributed by atoms with Crippen LogP contribution in [0, 0.1) is 0 Å². The topological polar surface area (TPSA) is 45.7 Å². The van der Waals surface area contributed by atoms with Crippen LogP contribution in [0.15, 0.2) is 66.9 Å². The van der Waals surface area contributed by atoms with Gasteiger partial charge in [-0.05, 0) is 58.0 Å². The van der Waals surface area contributed by atoms with Gasteiger partial charge >= 0.3 is 5.97 Å². The van der Waals surface area contributed by atoms with Gasteiger partial charge in [-0.2, -0.15) is 0 Å². The molecule has 0 N–H and O–H groups in total. The molecule has 5 nitrogen and oxygen atoms in total. The minimum Gasteiger partial charge on any atom is -0.439 e. The Labute approximate surface area is 190 Å². The molecule has 0 atom stereocenters. The van der Waals surface area contributed by atoms with Crippen LogP contribution >= 0.6 is 0 Å². The molecule has 0 radical (unpaired) electrons. The minimum absolute atomic E-state index is 0.383. The third kappa shape index (κ3) is 3.52. The molecule has 0 amide bonds. The van der Waals surface area contributed by atoms with Crippen LogP contribution in [0.5, 0.6) is 0 Å². The lowest BCUT2D eigenvalue weighted by Gasteiger charge is -2.31. The number of aromatic nitrogens is 1. The molecule has 0 saturated heterocycles. The average Bonchev–Trinajstić information content (AvgIpc) is 3.15. The van der Waals surface area contributed by atoms with Gasteiger partial charge in [-0.3, -0.25) is 0 Å².